The minimum absolute atomic E-state index is 0.00457. The van der Waals surface area contributed by atoms with Crippen LogP contribution in [0.5, 0.6) is 0 Å². The zero-order chi connectivity index (χ0) is 15.0. The van der Waals surface area contributed by atoms with E-state index in [0.717, 1.165) is 12.7 Å². The summed E-state index contributed by atoms with van der Waals surface area (Å²) in [5, 5.41) is 0. The Balaban J connectivity index is 2.35. The van der Waals surface area contributed by atoms with Gasteiger partial charge in [0.15, 0.2) is 0 Å². The zero-order valence-electron chi connectivity index (χ0n) is 11.2. The maximum absolute atomic E-state index is 13.3. The van der Waals surface area contributed by atoms with Crippen LogP contribution in [0.15, 0.2) is 12.4 Å². The second-order valence-corrected chi connectivity index (χ2v) is 5.11. The molecule has 0 aromatic carbocycles. The number of ether oxygens (including phenoxy) is 1. The van der Waals surface area contributed by atoms with Gasteiger partial charge in [-0.25, -0.2) is 9.97 Å². The van der Waals surface area contributed by atoms with Crippen molar-refractivity contribution in [1.29, 1.82) is 0 Å². The first-order valence-electron chi connectivity index (χ1n) is 6.22. The van der Waals surface area contributed by atoms with Crippen molar-refractivity contribution in [2.24, 2.45) is 5.41 Å². The van der Waals surface area contributed by atoms with E-state index in [0.29, 0.717) is 0 Å². The molecule has 1 heterocycles. The first kappa shape index (κ1) is 14.7. The lowest BCUT2D eigenvalue weighted by Gasteiger charge is -2.27. The summed E-state index contributed by atoms with van der Waals surface area (Å²) in [4.78, 5) is 19.4. The van der Waals surface area contributed by atoms with Crippen molar-refractivity contribution in [3.8, 4) is 0 Å². The highest BCUT2D eigenvalue weighted by Gasteiger charge is 2.68. The normalized spacial score (nSPS) is 18.4. The van der Waals surface area contributed by atoms with Crippen LogP contribution in [-0.4, -0.2) is 29.2 Å². The minimum atomic E-state index is -4.38. The largest absolute Gasteiger partial charge is 0.469 e. The molecule has 0 aliphatic heterocycles. The summed E-state index contributed by atoms with van der Waals surface area (Å²) < 4.78 is 44.3. The smallest absolute Gasteiger partial charge is 0.395 e. The number of carbonyl (C=O) groups excluding carboxylic acids is 1. The molecule has 1 aromatic heterocycles. The second-order valence-electron chi connectivity index (χ2n) is 5.11. The lowest BCUT2D eigenvalue weighted by molar-refractivity contribution is -0.196. The number of rotatable bonds is 4. The average Bonchev–Trinajstić information content (AvgIpc) is 3.17. The van der Waals surface area contributed by atoms with Crippen molar-refractivity contribution in [2.75, 3.05) is 7.11 Å². The van der Waals surface area contributed by atoms with Gasteiger partial charge in [0.25, 0.3) is 0 Å². The SMILES string of the molecule is COC(=O)C[C@H](c1ncc(C)cn1)C1(C(F)(F)F)CC1. The Morgan fingerprint density at radius 3 is 2.35 bits per heavy atom. The molecule has 1 aliphatic carbocycles. The van der Waals surface area contributed by atoms with Gasteiger partial charge in [0, 0.05) is 18.3 Å². The fourth-order valence-corrected chi connectivity index (χ4v) is 2.33. The van der Waals surface area contributed by atoms with Crippen LogP contribution in [-0.2, 0) is 9.53 Å². The molecule has 1 aromatic rings. The molecule has 1 aliphatic rings. The molecule has 110 valence electrons. The monoisotopic (exact) mass is 288 g/mol. The van der Waals surface area contributed by atoms with Gasteiger partial charge in [-0.05, 0) is 25.3 Å². The summed E-state index contributed by atoms with van der Waals surface area (Å²) in [5.41, 5.74) is -1.14. The molecule has 0 amide bonds. The van der Waals surface area contributed by atoms with E-state index >= 15 is 0 Å². The van der Waals surface area contributed by atoms with E-state index in [1.165, 1.54) is 12.4 Å². The van der Waals surface area contributed by atoms with Gasteiger partial charge in [-0.1, -0.05) is 0 Å². The van der Waals surface area contributed by atoms with Gasteiger partial charge in [-0.3, -0.25) is 4.79 Å². The number of methoxy groups -OCH3 is 1. The lowest BCUT2D eigenvalue weighted by Crippen LogP contribution is -2.33. The predicted octanol–water partition coefficient (Wildman–Crippen LogP) is 2.77. The molecule has 2 rings (SSSR count). The van der Waals surface area contributed by atoms with Crippen molar-refractivity contribution in [3.63, 3.8) is 0 Å². The number of aromatic nitrogens is 2. The predicted molar refractivity (Wildman–Crippen MR) is 63.9 cm³/mol. The molecule has 0 bridgehead atoms. The number of nitrogens with zero attached hydrogens (tertiary/aromatic N) is 2. The van der Waals surface area contributed by atoms with Crippen LogP contribution in [0.1, 0.15) is 36.6 Å². The van der Waals surface area contributed by atoms with E-state index in [9.17, 15) is 18.0 Å². The summed E-state index contributed by atoms with van der Waals surface area (Å²) in [5.74, 6) is -1.72. The number of carbonyl (C=O) groups is 1. The second kappa shape index (κ2) is 5.03. The van der Waals surface area contributed by atoms with E-state index in [1.807, 2.05) is 0 Å². The van der Waals surface area contributed by atoms with Crippen LogP contribution in [0.25, 0.3) is 0 Å². The third-order valence-corrected chi connectivity index (χ3v) is 3.73. The molecule has 0 unspecified atom stereocenters. The maximum Gasteiger partial charge on any atom is 0.395 e. The van der Waals surface area contributed by atoms with Gasteiger partial charge in [0.05, 0.1) is 18.9 Å². The average molecular weight is 288 g/mol. The van der Waals surface area contributed by atoms with Crippen molar-refractivity contribution >= 4 is 5.97 Å². The number of alkyl halides is 3. The van der Waals surface area contributed by atoms with E-state index in [-0.39, 0.29) is 25.1 Å². The molecule has 0 saturated heterocycles. The molecule has 4 nitrogen and oxygen atoms in total. The Bertz CT molecular complexity index is 495. The van der Waals surface area contributed by atoms with E-state index in [2.05, 4.69) is 14.7 Å². The Kier molecular flexibility index (Phi) is 3.71. The van der Waals surface area contributed by atoms with Crippen LogP contribution >= 0.6 is 0 Å². The third kappa shape index (κ3) is 2.62. The lowest BCUT2D eigenvalue weighted by atomic mass is 9.84. The molecular weight excluding hydrogens is 273 g/mol. The number of esters is 1. The highest BCUT2D eigenvalue weighted by molar-refractivity contribution is 5.70. The fourth-order valence-electron chi connectivity index (χ4n) is 2.33. The van der Waals surface area contributed by atoms with E-state index in [1.54, 1.807) is 6.92 Å². The molecule has 0 N–H and O–H groups in total. The van der Waals surface area contributed by atoms with Gasteiger partial charge in [0.2, 0.25) is 0 Å². The third-order valence-electron chi connectivity index (χ3n) is 3.73. The number of hydrogen-bond donors (Lipinski definition) is 0. The first-order valence-corrected chi connectivity index (χ1v) is 6.22. The molecular formula is C13H15F3N2O2. The summed E-state index contributed by atoms with van der Waals surface area (Å²) in [6.07, 6.45) is -1.83. The van der Waals surface area contributed by atoms with Crippen molar-refractivity contribution in [3.05, 3.63) is 23.8 Å². The summed E-state index contributed by atoms with van der Waals surface area (Å²) in [6.45, 7) is 1.75. The molecule has 20 heavy (non-hydrogen) atoms. The number of aryl methyl sites for hydroxylation is 1. The molecule has 0 radical (unpaired) electrons. The molecule has 7 heteroatoms. The van der Waals surface area contributed by atoms with Crippen LogP contribution in [0, 0.1) is 12.3 Å². The Morgan fingerprint density at radius 1 is 1.40 bits per heavy atom. The summed E-state index contributed by atoms with van der Waals surface area (Å²) in [6, 6.07) is 0. The summed E-state index contributed by atoms with van der Waals surface area (Å²) in [7, 11) is 1.16. The Hall–Kier alpha value is -1.66. The van der Waals surface area contributed by atoms with Crippen LogP contribution in [0.3, 0.4) is 0 Å². The highest BCUT2D eigenvalue weighted by atomic mass is 19.4. The van der Waals surface area contributed by atoms with Crippen molar-refractivity contribution in [2.45, 2.75) is 38.3 Å². The molecule has 0 spiro atoms. The van der Waals surface area contributed by atoms with Gasteiger partial charge in [-0.2, -0.15) is 13.2 Å². The van der Waals surface area contributed by atoms with Crippen LogP contribution < -0.4 is 0 Å². The molecule has 1 fully saturated rings. The van der Waals surface area contributed by atoms with Gasteiger partial charge in [0.1, 0.15) is 5.82 Å². The summed E-state index contributed by atoms with van der Waals surface area (Å²) >= 11 is 0. The molecule has 1 atom stereocenters. The quantitative estimate of drug-likeness (QED) is 0.799. The fraction of sp³-hybridized carbons (Fsp3) is 0.615. The van der Waals surface area contributed by atoms with Crippen LogP contribution in [0.4, 0.5) is 13.2 Å². The van der Waals surface area contributed by atoms with E-state index in [4.69, 9.17) is 0 Å². The Labute approximate surface area is 114 Å². The standard InChI is InChI=1S/C13H15F3N2O2/c1-8-6-17-11(18-7-8)9(5-10(19)20-2)12(3-4-12)13(14,15)16/h6-7,9H,3-5H2,1-2H3/t9-/m1/s1. The van der Waals surface area contributed by atoms with Crippen LogP contribution in [0.2, 0.25) is 0 Å². The van der Waals surface area contributed by atoms with Gasteiger partial charge < -0.3 is 4.74 Å². The van der Waals surface area contributed by atoms with E-state index < -0.39 is 23.5 Å². The molecule has 1 saturated carbocycles. The minimum Gasteiger partial charge on any atom is -0.469 e. The maximum atomic E-state index is 13.3. The van der Waals surface area contributed by atoms with Gasteiger partial charge >= 0.3 is 12.1 Å². The first-order chi connectivity index (χ1) is 9.30. The highest BCUT2D eigenvalue weighted by Crippen LogP contribution is 2.65. The topological polar surface area (TPSA) is 52.1 Å². The number of halogens is 3. The zero-order valence-corrected chi connectivity index (χ0v) is 11.2. The van der Waals surface area contributed by atoms with Crippen molar-refractivity contribution < 1.29 is 22.7 Å². The Morgan fingerprint density at radius 2 is 1.95 bits per heavy atom. The number of hydrogen-bond acceptors (Lipinski definition) is 4. The van der Waals surface area contributed by atoms with Crippen molar-refractivity contribution in [1.82, 2.24) is 9.97 Å². The van der Waals surface area contributed by atoms with Gasteiger partial charge in [-0.15, -0.1) is 0 Å².